The van der Waals surface area contributed by atoms with Gasteiger partial charge >= 0.3 is 5.97 Å². The van der Waals surface area contributed by atoms with Crippen LogP contribution in [0.1, 0.15) is 38.7 Å². The van der Waals surface area contributed by atoms with Crippen LogP contribution >= 0.6 is 0 Å². The maximum absolute atomic E-state index is 12.6. The van der Waals surface area contributed by atoms with Gasteiger partial charge in [-0.2, -0.15) is 0 Å². The lowest BCUT2D eigenvalue weighted by Crippen LogP contribution is -2.42. The van der Waals surface area contributed by atoms with Gasteiger partial charge in [0, 0.05) is 18.2 Å². The number of aliphatic carboxylic acids is 1. The van der Waals surface area contributed by atoms with Crippen LogP contribution in [-0.4, -0.2) is 23.5 Å². The molecule has 1 amide bonds. The molecule has 4 heteroatoms. The Morgan fingerprint density at radius 1 is 1.25 bits per heavy atom. The molecule has 2 rings (SSSR count). The lowest BCUT2D eigenvalue weighted by atomic mass is 9.88. The SMILES string of the molecule is CC(C)C(C)C(=O)N1CCC(C(=O)O)c2ccccc21. The highest BCUT2D eigenvalue weighted by Crippen LogP contribution is 2.36. The van der Waals surface area contributed by atoms with Crippen molar-refractivity contribution in [3.05, 3.63) is 29.8 Å². The summed E-state index contributed by atoms with van der Waals surface area (Å²) < 4.78 is 0. The van der Waals surface area contributed by atoms with Gasteiger partial charge in [0.2, 0.25) is 5.91 Å². The van der Waals surface area contributed by atoms with E-state index in [1.54, 1.807) is 4.90 Å². The maximum atomic E-state index is 12.6. The highest BCUT2D eigenvalue weighted by atomic mass is 16.4. The summed E-state index contributed by atoms with van der Waals surface area (Å²) in [5.74, 6) is -1.04. The van der Waals surface area contributed by atoms with Gasteiger partial charge in [0.1, 0.15) is 0 Å². The van der Waals surface area contributed by atoms with Crippen molar-refractivity contribution in [3.63, 3.8) is 0 Å². The number of benzene rings is 1. The Hall–Kier alpha value is -1.84. The first-order valence-electron chi connectivity index (χ1n) is 7.06. The van der Waals surface area contributed by atoms with Crippen LogP contribution in [0.4, 0.5) is 5.69 Å². The molecule has 1 N–H and O–H groups in total. The van der Waals surface area contributed by atoms with E-state index in [-0.39, 0.29) is 17.7 Å². The molecule has 0 bridgehead atoms. The standard InChI is InChI=1S/C16H21NO3/c1-10(2)11(3)15(18)17-9-8-13(16(19)20)12-6-4-5-7-14(12)17/h4-7,10-11,13H,8-9H2,1-3H3,(H,19,20). The molecule has 108 valence electrons. The fraction of sp³-hybridized carbons (Fsp3) is 0.500. The summed E-state index contributed by atoms with van der Waals surface area (Å²) in [6.45, 7) is 6.46. The van der Waals surface area contributed by atoms with Gasteiger partial charge in [-0.15, -0.1) is 0 Å². The van der Waals surface area contributed by atoms with Crippen molar-refractivity contribution in [2.45, 2.75) is 33.1 Å². The van der Waals surface area contributed by atoms with E-state index in [4.69, 9.17) is 0 Å². The van der Waals surface area contributed by atoms with Gasteiger partial charge in [0.05, 0.1) is 5.92 Å². The second kappa shape index (κ2) is 5.65. The Balaban J connectivity index is 2.37. The normalized spacial score (nSPS) is 19.6. The number of para-hydroxylation sites is 1. The second-order valence-electron chi connectivity index (χ2n) is 5.76. The van der Waals surface area contributed by atoms with Crippen LogP contribution < -0.4 is 4.90 Å². The zero-order chi connectivity index (χ0) is 14.9. The summed E-state index contributed by atoms with van der Waals surface area (Å²) >= 11 is 0. The number of amides is 1. The molecule has 2 atom stereocenters. The molecule has 0 aliphatic carbocycles. The monoisotopic (exact) mass is 275 g/mol. The summed E-state index contributed by atoms with van der Waals surface area (Å²) in [4.78, 5) is 25.6. The topological polar surface area (TPSA) is 57.6 Å². The minimum absolute atomic E-state index is 0.0653. The van der Waals surface area contributed by atoms with Crippen LogP contribution in [0.15, 0.2) is 24.3 Å². The number of anilines is 1. The Bertz CT molecular complexity index is 524. The van der Waals surface area contributed by atoms with Crippen LogP contribution in [0.2, 0.25) is 0 Å². The molecule has 2 unspecified atom stereocenters. The second-order valence-corrected chi connectivity index (χ2v) is 5.76. The molecule has 0 saturated heterocycles. The number of carboxylic acids is 1. The molecular weight excluding hydrogens is 254 g/mol. The minimum atomic E-state index is -0.818. The molecule has 4 nitrogen and oxygen atoms in total. The molecule has 0 spiro atoms. The Kier molecular flexibility index (Phi) is 4.12. The van der Waals surface area contributed by atoms with Crippen molar-refractivity contribution in [1.82, 2.24) is 0 Å². The predicted molar refractivity (Wildman–Crippen MR) is 77.8 cm³/mol. The van der Waals surface area contributed by atoms with Crippen molar-refractivity contribution in [2.75, 3.05) is 11.4 Å². The first-order valence-corrected chi connectivity index (χ1v) is 7.06. The third-order valence-electron chi connectivity index (χ3n) is 4.20. The van der Waals surface area contributed by atoms with E-state index in [0.717, 1.165) is 11.3 Å². The van der Waals surface area contributed by atoms with E-state index in [1.165, 1.54) is 0 Å². The Labute approximate surface area is 119 Å². The van der Waals surface area contributed by atoms with E-state index in [9.17, 15) is 14.7 Å². The highest BCUT2D eigenvalue weighted by Gasteiger charge is 2.34. The lowest BCUT2D eigenvalue weighted by Gasteiger charge is -2.35. The summed E-state index contributed by atoms with van der Waals surface area (Å²) in [5, 5.41) is 9.30. The molecule has 20 heavy (non-hydrogen) atoms. The van der Waals surface area contributed by atoms with Crippen LogP contribution in [0.3, 0.4) is 0 Å². The van der Waals surface area contributed by atoms with Crippen molar-refractivity contribution in [2.24, 2.45) is 11.8 Å². The predicted octanol–water partition coefficient (Wildman–Crippen LogP) is 2.88. The van der Waals surface area contributed by atoms with E-state index >= 15 is 0 Å². The minimum Gasteiger partial charge on any atom is -0.481 e. The molecule has 1 heterocycles. The van der Waals surface area contributed by atoms with Crippen LogP contribution in [-0.2, 0) is 9.59 Å². The highest BCUT2D eigenvalue weighted by molar-refractivity contribution is 5.97. The lowest BCUT2D eigenvalue weighted by molar-refractivity contribution is -0.139. The fourth-order valence-corrected chi connectivity index (χ4v) is 2.58. The van der Waals surface area contributed by atoms with Crippen molar-refractivity contribution in [3.8, 4) is 0 Å². The van der Waals surface area contributed by atoms with E-state index in [1.807, 2.05) is 45.0 Å². The fourth-order valence-electron chi connectivity index (χ4n) is 2.58. The molecule has 1 aliphatic heterocycles. The summed E-state index contributed by atoms with van der Waals surface area (Å²) in [6, 6.07) is 7.33. The number of carbonyl (C=O) groups is 2. The Morgan fingerprint density at radius 3 is 2.50 bits per heavy atom. The van der Waals surface area contributed by atoms with Gasteiger partial charge in [-0.05, 0) is 24.0 Å². The van der Waals surface area contributed by atoms with Crippen molar-refractivity contribution >= 4 is 17.6 Å². The number of carbonyl (C=O) groups excluding carboxylic acids is 1. The summed E-state index contributed by atoms with van der Waals surface area (Å²) in [5.41, 5.74) is 1.50. The largest absolute Gasteiger partial charge is 0.481 e. The summed E-state index contributed by atoms with van der Waals surface area (Å²) in [6.07, 6.45) is 0.475. The number of nitrogens with zero attached hydrogens (tertiary/aromatic N) is 1. The smallest absolute Gasteiger partial charge is 0.311 e. The molecule has 1 aromatic rings. The third-order valence-corrected chi connectivity index (χ3v) is 4.20. The average Bonchev–Trinajstić information content (AvgIpc) is 2.44. The Morgan fingerprint density at radius 2 is 1.90 bits per heavy atom. The van der Waals surface area contributed by atoms with Gasteiger partial charge < -0.3 is 10.0 Å². The molecule has 0 aromatic heterocycles. The van der Waals surface area contributed by atoms with E-state index in [0.29, 0.717) is 13.0 Å². The first-order chi connectivity index (χ1) is 9.43. The number of hydrogen-bond acceptors (Lipinski definition) is 2. The van der Waals surface area contributed by atoms with Gasteiger partial charge in [0.25, 0.3) is 0 Å². The molecule has 0 radical (unpaired) electrons. The van der Waals surface area contributed by atoms with E-state index in [2.05, 4.69) is 0 Å². The number of rotatable bonds is 3. The van der Waals surface area contributed by atoms with Gasteiger partial charge in [0.15, 0.2) is 0 Å². The van der Waals surface area contributed by atoms with Gasteiger partial charge in [-0.3, -0.25) is 9.59 Å². The summed E-state index contributed by atoms with van der Waals surface area (Å²) in [7, 11) is 0. The molecule has 0 fully saturated rings. The van der Waals surface area contributed by atoms with Gasteiger partial charge in [-0.25, -0.2) is 0 Å². The quantitative estimate of drug-likeness (QED) is 0.922. The van der Waals surface area contributed by atoms with E-state index < -0.39 is 11.9 Å². The van der Waals surface area contributed by atoms with Crippen molar-refractivity contribution in [1.29, 1.82) is 0 Å². The zero-order valence-corrected chi connectivity index (χ0v) is 12.2. The third kappa shape index (κ3) is 2.55. The first kappa shape index (κ1) is 14.6. The number of hydrogen-bond donors (Lipinski definition) is 1. The molecule has 1 aliphatic rings. The molecule has 1 aromatic carbocycles. The molecular formula is C16H21NO3. The number of fused-ring (bicyclic) bond motifs is 1. The van der Waals surface area contributed by atoms with Gasteiger partial charge in [-0.1, -0.05) is 39.0 Å². The van der Waals surface area contributed by atoms with Crippen LogP contribution in [0, 0.1) is 11.8 Å². The zero-order valence-electron chi connectivity index (χ0n) is 12.2. The van der Waals surface area contributed by atoms with Crippen LogP contribution in [0.25, 0.3) is 0 Å². The van der Waals surface area contributed by atoms with Crippen LogP contribution in [0.5, 0.6) is 0 Å². The maximum Gasteiger partial charge on any atom is 0.311 e. The molecule has 0 saturated carbocycles. The number of carboxylic acid groups (broad SMARTS) is 1. The average molecular weight is 275 g/mol. The van der Waals surface area contributed by atoms with Crippen molar-refractivity contribution < 1.29 is 14.7 Å².